The average Bonchev–Trinajstić information content (AvgIpc) is 2.28. The van der Waals surface area contributed by atoms with E-state index in [1.165, 1.54) is 16.7 Å². The van der Waals surface area contributed by atoms with Gasteiger partial charge in [0.25, 0.3) is 0 Å². The second-order valence-electron chi connectivity index (χ2n) is 5.30. The number of hydrogen-bond donors (Lipinski definition) is 1. The first-order chi connectivity index (χ1) is 7.91. The van der Waals surface area contributed by atoms with Crippen LogP contribution in [-0.2, 0) is 11.2 Å². The molecule has 0 aliphatic heterocycles. The Labute approximate surface area is 102 Å². The fourth-order valence-corrected chi connectivity index (χ4v) is 2.25. The zero-order chi connectivity index (χ0) is 12.6. The third-order valence-corrected chi connectivity index (χ3v) is 3.63. The Balaban J connectivity index is 2.42. The Kier molecular flexibility index (Phi) is 2.82. The zero-order valence-corrected chi connectivity index (χ0v) is 10.6. The summed E-state index contributed by atoms with van der Waals surface area (Å²) in [5, 5.41) is 9.24. The van der Waals surface area contributed by atoms with Gasteiger partial charge in [0.15, 0.2) is 0 Å². The van der Waals surface area contributed by atoms with Crippen molar-refractivity contribution in [2.75, 3.05) is 0 Å². The SMILES string of the molecule is Cc1ccc2c(c1)CCC(C(C)(C)C(=O)O)=C2. The van der Waals surface area contributed by atoms with Crippen LogP contribution in [0.1, 0.15) is 37.0 Å². The number of carboxylic acid groups (broad SMARTS) is 1. The monoisotopic (exact) mass is 230 g/mol. The molecule has 0 amide bonds. The number of rotatable bonds is 2. The highest BCUT2D eigenvalue weighted by molar-refractivity contribution is 5.80. The lowest BCUT2D eigenvalue weighted by Gasteiger charge is -2.27. The predicted molar refractivity (Wildman–Crippen MR) is 68.9 cm³/mol. The van der Waals surface area contributed by atoms with Crippen molar-refractivity contribution in [1.82, 2.24) is 0 Å². The molecule has 1 aromatic rings. The molecule has 2 heteroatoms. The van der Waals surface area contributed by atoms with Gasteiger partial charge in [-0.3, -0.25) is 4.79 Å². The Morgan fingerprint density at radius 1 is 1.29 bits per heavy atom. The largest absolute Gasteiger partial charge is 0.481 e. The third-order valence-electron chi connectivity index (χ3n) is 3.63. The van der Waals surface area contributed by atoms with Crippen molar-refractivity contribution in [3.05, 3.63) is 40.5 Å². The highest BCUT2D eigenvalue weighted by atomic mass is 16.4. The number of fused-ring (bicyclic) bond motifs is 1. The Morgan fingerprint density at radius 2 is 2.00 bits per heavy atom. The molecule has 0 heterocycles. The molecule has 1 aliphatic carbocycles. The first-order valence-electron chi connectivity index (χ1n) is 5.95. The summed E-state index contributed by atoms with van der Waals surface area (Å²) in [4.78, 5) is 11.2. The molecule has 0 bridgehead atoms. The lowest BCUT2D eigenvalue weighted by Crippen LogP contribution is -2.27. The van der Waals surface area contributed by atoms with Crippen molar-refractivity contribution in [1.29, 1.82) is 0 Å². The topological polar surface area (TPSA) is 37.3 Å². The van der Waals surface area contributed by atoms with Crippen molar-refractivity contribution in [2.45, 2.75) is 33.6 Å². The van der Waals surface area contributed by atoms with Crippen molar-refractivity contribution in [3.8, 4) is 0 Å². The standard InChI is InChI=1S/C15H18O2/c1-10-4-5-12-9-13(7-6-11(12)8-10)15(2,3)14(16)17/h4-5,8-9H,6-7H2,1-3H3,(H,16,17). The van der Waals surface area contributed by atoms with E-state index in [0.717, 1.165) is 18.4 Å². The molecule has 0 unspecified atom stereocenters. The molecular weight excluding hydrogens is 212 g/mol. The van der Waals surface area contributed by atoms with Crippen molar-refractivity contribution < 1.29 is 9.90 Å². The van der Waals surface area contributed by atoms with Gasteiger partial charge in [-0.05, 0) is 44.7 Å². The first kappa shape index (κ1) is 11.9. The van der Waals surface area contributed by atoms with Crippen LogP contribution in [0.2, 0.25) is 0 Å². The maximum absolute atomic E-state index is 11.2. The molecule has 0 atom stereocenters. The van der Waals surface area contributed by atoms with Gasteiger partial charge in [0.05, 0.1) is 5.41 Å². The van der Waals surface area contributed by atoms with Gasteiger partial charge < -0.3 is 5.11 Å². The van der Waals surface area contributed by atoms with Crippen LogP contribution >= 0.6 is 0 Å². The summed E-state index contributed by atoms with van der Waals surface area (Å²) in [5.74, 6) is -0.751. The number of carbonyl (C=O) groups is 1. The van der Waals surface area contributed by atoms with Crippen molar-refractivity contribution in [2.24, 2.45) is 5.41 Å². The van der Waals surface area contributed by atoms with Crippen molar-refractivity contribution >= 4 is 12.0 Å². The maximum Gasteiger partial charge on any atom is 0.313 e. The van der Waals surface area contributed by atoms with Crippen LogP contribution in [0, 0.1) is 12.3 Å². The van der Waals surface area contributed by atoms with E-state index in [1.54, 1.807) is 13.8 Å². The smallest absolute Gasteiger partial charge is 0.313 e. The molecule has 2 rings (SSSR count). The number of aliphatic carboxylic acids is 1. The van der Waals surface area contributed by atoms with Gasteiger partial charge in [0.2, 0.25) is 0 Å². The Hall–Kier alpha value is -1.57. The third kappa shape index (κ3) is 2.12. The number of aryl methyl sites for hydroxylation is 2. The van der Waals surface area contributed by atoms with Gasteiger partial charge in [-0.1, -0.05) is 35.4 Å². The summed E-state index contributed by atoms with van der Waals surface area (Å²) < 4.78 is 0. The minimum atomic E-state index is -0.761. The van der Waals surface area contributed by atoms with E-state index in [-0.39, 0.29) is 0 Å². The molecule has 0 radical (unpaired) electrons. The molecule has 1 N–H and O–H groups in total. The second kappa shape index (κ2) is 4.02. The van der Waals surface area contributed by atoms with E-state index in [4.69, 9.17) is 0 Å². The van der Waals surface area contributed by atoms with Crippen LogP contribution in [0.25, 0.3) is 6.08 Å². The summed E-state index contributed by atoms with van der Waals surface area (Å²) >= 11 is 0. The van der Waals surface area contributed by atoms with Gasteiger partial charge in [-0.2, -0.15) is 0 Å². The molecule has 0 spiro atoms. The summed E-state index contributed by atoms with van der Waals surface area (Å²) in [7, 11) is 0. The molecule has 1 aromatic carbocycles. The van der Waals surface area contributed by atoms with Crippen LogP contribution < -0.4 is 0 Å². The fourth-order valence-electron chi connectivity index (χ4n) is 2.25. The molecular formula is C15H18O2. The first-order valence-corrected chi connectivity index (χ1v) is 5.95. The van der Waals surface area contributed by atoms with E-state index < -0.39 is 11.4 Å². The minimum Gasteiger partial charge on any atom is -0.481 e. The molecule has 2 nitrogen and oxygen atoms in total. The van der Waals surface area contributed by atoms with Gasteiger partial charge in [-0.15, -0.1) is 0 Å². The van der Waals surface area contributed by atoms with Crippen molar-refractivity contribution in [3.63, 3.8) is 0 Å². The number of benzene rings is 1. The van der Waals surface area contributed by atoms with Crippen LogP contribution in [0.5, 0.6) is 0 Å². The summed E-state index contributed by atoms with van der Waals surface area (Å²) in [6, 6.07) is 6.35. The van der Waals surface area contributed by atoms with Crippen LogP contribution in [0.3, 0.4) is 0 Å². The highest BCUT2D eigenvalue weighted by Crippen LogP contribution is 2.36. The molecule has 0 saturated carbocycles. The molecule has 90 valence electrons. The molecule has 0 aromatic heterocycles. The van der Waals surface area contributed by atoms with E-state index in [9.17, 15) is 9.90 Å². The zero-order valence-electron chi connectivity index (χ0n) is 10.6. The quantitative estimate of drug-likeness (QED) is 0.845. The van der Waals surface area contributed by atoms with E-state index in [2.05, 4.69) is 25.1 Å². The molecule has 0 saturated heterocycles. The lowest BCUT2D eigenvalue weighted by atomic mass is 9.77. The Morgan fingerprint density at radius 3 is 2.65 bits per heavy atom. The molecule has 17 heavy (non-hydrogen) atoms. The van der Waals surface area contributed by atoms with Crippen LogP contribution in [0.15, 0.2) is 23.8 Å². The number of carboxylic acids is 1. The second-order valence-corrected chi connectivity index (χ2v) is 5.30. The van der Waals surface area contributed by atoms with Gasteiger partial charge in [-0.25, -0.2) is 0 Å². The lowest BCUT2D eigenvalue weighted by molar-refractivity contribution is -0.144. The fraction of sp³-hybridized carbons (Fsp3) is 0.400. The normalized spacial score (nSPS) is 15.1. The average molecular weight is 230 g/mol. The predicted octanol–water partition coefficient (Wildman–Crippen LogP) is 3.44. The van der Waals surface area contributed by atoms with Crippen LogP contribution in [-0.4, -0.2) is 11.1 Å². The Bertz CT molecular complexity index is 496. The number of hydrogen-bond acceptors (Lipinski definition) is 1. The van der Waals surface area contributed by atoms with Gasteiger partial charge in [0.1, 0.15) is 0 Å². The summed E-state index contributed by atoms with van der Waals surface area (Å²) in [6.45, 7) is 5.64. The van der Waals surface area contributed by atoms with E-state index >= 15 is 0 Å². The van der Waals surface area contributed by atoms with E-state index in [1.807, 2.05) is 6.08 Å². The highest BCUT2D eigenvalue weighted by Gasteiger charge is 2.32. The summed E-state index contributed by atoms with van der Waals surface area (Å²) in [5.41, 5.74) is 4.02. The van der Waals surface area contributed by atoms with Gasteiger partial charge in [0, 0.05) is 0 Å². The molecule has 1 aliphatic rings. The van der Waals surface area contributed by atoms with Gasteiger partial charge >= 0.3 is 5.97 Å². The van der Waals surface area contributed by atoms with Crippen LogP contribution in [0.4, 0.5) is 0 Å². The molecule has 0 fully saturated rings. The maximum atomic E-state index is 11.2. The van der Waals surface area contributed by atoms with E-state index in [0.29, 0.717) is 0 Å². The minimum absolute atomic E-state index is 0.751. The summed E-state index contributed by atoms with van der Waals surface area (Å²) in [6.07, 6.45) is 3.84.